The van der Waals surface area contributed by atoms with Crippen LogP contribution in [0.2, 0.25) is 0 Å². The monoisotopic (exact) mass is 453 g/mol. The predicted molar refractivity (Wildman–Crippen MR) is 121 cm³/mol. The maximum Gasteiger partial charge on any atom is 0.154 e. The highest BCUT2D eigenvalue weighted by Crippen LogP contribution is 2.41. The highest BCUT2D eigenvalue weighted by molar-refractivity contribution is 5.88. The Morgan fingerprint density at radius 1 is 1.19 bits per heavy atom. The summed E-state index contributed by atoms with van der Waals surface area (Å²) >= 11 is 0. The number of hydrogen-bond acceptors (Lipinski definition) is 7. The first-order valence-electron chi connectivity index (χ1n) is 12.6. The van der Waals surface area contributed by atoms with Gasteiger partial charge in [-0.15, -0.1) is 0 Å². The first kappa shape index (κ1) is 23.9. The van der Waals surface area contributed by atoms with Gasteiger partial charge in [-0.25, -0.2) is 4.39 Å². The van der Waals surface area contributed by atoms with Gasteiger partial charge in [0.1, 0.15) is 24.3 Å². The molecule has 0 radical (unpaired) electrons. The lowest BCUT2D eigenvalue weighted by atomic mass is 9.73. The van der Waals surface area contributed by atoms with Crippen molar-refractivity contribution >= 4 is 11.5 Å². The van der Waals surface area contributed by atoms with Crippen LogP contribution in [-0.4, -0.2) is 70.6 Å². The molecule has 0 saturated heterocycles. The van der Waals surface area contributed by atoms with E-state index in [1.165, 1.54) is 7.11 Å². The molecule has 2 saturated carbocycles. The molecular formula is C24H40FN3O4. The summed E-state index contributed by atoms with van der Waals surface area (Å²) in [4.78, 5) is 12.8. The fourth-order valence-electron chi connectivity index (χ4n) is 6.01. The number of nitrogens with zero attached hydrogens (tertiary/aromatic N) is 3. The van der Waals surface area contributed by atoms with E-state index in [0.717, 1.165) is 69.3 Å². The van der Waals surface area contributed by atoms with Crippen LogP contribution in [-0.2, 0) is 9.57 Å². The molecule has 0 aromatic carbocycles. The molecule has 8 heteroatoms. The largest absolute Gasteiger partial charge is 0.392 e. The summed E-state index contributed by atoms with van der Waals surface area (Å²) in [7, 11) is 1.51. The van der Waals surface area contributed by atoms with Crippen molar-refractivity contribution in [1.82, 2.24) is 4.90 Å². The van der Waals surface area contributed by atoms with Crippen LogP contribution in [0, 0.1) is 11.8 Å². The number of methoxy groups -OCH3 is 1. The number of amidine groups is 1. The molecule has 0 amide bonds. The van der Waals surface area contributed by atoms with Gasteiger partial charge in [-0.2, -0.15) is 0 Å². The molecule has 2 heterocycles. The number of unbranched alkanes of at least 4 members (excludes halogenated alkanes) is 1. The summed E-state index contributed by atoms with van der Waals surface area (Å²) in [5.41, 5.74) is 1.15. The molecule has 6 unspecified atom stereocenters. The van der Waals surface area contributed by atoms with E-state index in [4.69, 9.17) is 14.6 Å². The third kappa shape index (κ3) is 5.45. The molecule has 0 aromatic heterocycles. The van der Waals surface area contributed by atoms with Crippen LogP contribution in [0.5, 0.6) is 0 Å². The highest BCUT2D eigenvalue weighted by Gasteiger charge is 2.45. The number of rotatable bonds is 8. The Balaban J connectivity index is 1.47. The zero-order valence-electron chi connectivity index (χ0n) is 19.5. The summed E-state index contributed by atoms with van der Waals surface area (Å²) in [6.45, 7) is 2.05. The van der Waals surface area contributed by atoms with Gasteiger partial charge in [-0.1, -0.05) is 5.16 Å². The van der Waals surface area contributed by atoms with E-state index in [9.17, 15) is 14.6 Å². The van der Waals surface area contributed by atoms with Crippen LogP contribution < -0.4 is 0 Å². The second kappa shape index (κ2) is 10.8. The number of hydrogen-bond donors (Lipinski definition) is 2. The number of fused-ring (bicyclic) bond motifs is 1. The average Bonchev–Trinajstić information content (AvgIpc) is 3.23. The molecule has 2 N–H and O–H groups in total. The van der Waals surface area contributed by atoms with E-state index in [2.05, 4.69) is 10.1 Å². The number of aliphatic imine (C=N–C) groups is 1. The molecule has 6 atom stereocenters. The van der Waals surface area contributed by atoms with Crippen molar-refractivity contribution in [3.05, 3.63) is 0 Å². The van der Waals surface area contributed by atoms with Gasteiger partial charge in [0.2, 0.25) is 0 Å². The molecular weight excluding hydrogens is 413 g/mol. The molecule has 32 heavy (non-hydrogen) atoms. The van der Waals surface area contributed by atoms with Crippen molar-refractivity contribution in [2.75, 3.05) is 7.11 Å². The number of aliphatic hydroxyl groups excluding tert-OH is 2. The predicted octanol–water partition coefficient (Wildman–Crippen LogP) is 3.77. The zero-order chi connectivity index (χ0) is 22.7. The van der Waals surface area contributed by atoms with Gasteiger partial charge in [0.05, 0.1) is 11.8 Å². The van der Waals surface area contributed by atoms with Crippen LogP contribution in [0.4, 0.5) is 4.39 Å². The van der Waals surface area contributed by atoms with Gasteiger partial charge in [-0.05, 0) is 71.1 Å². The quantitative estimate of drug-likeness (QED) is 0.432. The lowest BCUT2D eigenvalue weighted by Crippen LogP contribution is -2.58. The molecule has 0 aromatic rings. The van der Waals surface area contributed by atoms with Gasteiger partial charge in [-0.3, -0.25) is 4.99 Å². The summed E-state index contributed by atoms with van der Waals surface area (Å²) in [5, 5.41) is 25.5. The highest BCUT2D eigenvalue weighted by atomic mass is 19.1. The second-order valence-electron chi connectivity index (χ2n) is 10.2. The summed E-state index contributed by atoms with van der Waals surface area (Å²) in [6.07, 6.45) is 7.61. The Hall–Kier alpha value is -1.25. The molecule has 0 spiro atoms. The first-order valence-corrected chi connectivity index (χ1v) is 12.6. The fraction of sp³-hybridized carbons (Fsp3) is 0.917. The fourth-order valence-corrected chi connectivity index (χ4v) is 6.01. The minimum atomic E-state index is -0.731. The van der Waals surface area contributed by atoms with E-state index >= 15 is 0 Å². The van der Waals surface area contributed by atoms with Crippen molar-refractivity contribution in [3.63, 3.8) is 0 Å². The number of aliphatic hydroxyl groups is 2. The van der Waals surface area contributed by atoms with Crippen LogP contribution in [0.25, 0.3) is 0 Å². The topological polar surface area (TPSA) is 86.9 Å². The number of halogens is 1. The van der Waals surface area contributed by atoms with E-state index in [-0.39, 0.29) is 24.1 Å². The summed E-state index contributed by atoms with van der Waals surface area (Å²) in [6, 6.07) is 0.253. The summed E-state index contributed by atoms with van der Waals surface area (Å²) in [5.74, 6) is 1.46. The van der Waals surface area contributed by atoms with Gasteiger partial charge < -0.3 is 24.7 Å². The van der Waals surface area contributed by atoms with Gasteiger partial charge in [0, 0.05) is 37.8 Å². The van der Waals surface area contributed by atoms with Gasteiger partial charge in [0.15, 0.2) is 6.29 Å². The van der Waals surface area contributed by atoms with Crippen LogP contribution >= 0.6 is 0 Å². The number of oxime groups is 1. The molecule has 7 nitrogen and oxygen atoms in total. The van der Waals surface area contributed by atoms with E-state index < -0.39 is 18.7 Å². The Morgan fingerprint density at radius 2 is 1.97 bits per heavy atom. The normalized spacial score (nSPS) is 38.5. The Bertz CT molecular complexity index is 682. The van der Waals surface area contributed by atoms with E-state index in [1.807, 2.05) is 6.92 Å². The van der Waals surface area contributed by atoms with Crippen LogP contribution in [0.3, 0.4) is 0 Å². The molecule has 4 aliphatic rings. The van der Waals surface area contributed by atoms with Gasteiger partial charge >= 0.3 is 0 Å². The van der Waals surface area contributed by atoms with Crippen molar-refractivity contribution in [3.8, 4) is 0 Å². The Kier molecular flexibility index (Phi) is 8.05. The molecule has 2 fully saturated rings. The first-order chi connectivity index (χ1) is 15.5. The second-order valence-corrected chi connectivity index (χ2v) is 10.2. The molecule has 2 aliphatic carbocycles. The van der Waals surface area contributed by atoms with Crippen molar-refractivity contribution in [1.29, 1.82) is 0 Å². The van der Waals surface area contributed by atoms with Crippen molar-refractivity contribution < 1.29 is 24.2 Å². The number of ether oxygens (including phenoxy) is 1. The average molecular weight is 454 g/mol. The minimum Gasteiger partial charge on any atom is -0.392 e. The third-order valence-electron chi connectivity index (χ3n) is 7.86. The lowest BCUT2D eigenvalue weighted by molar-refractivity contribution is -0.0794. The van der Waals surface area contributed by atoms with Crippen molar-refractivity contribution in [2.24, 2.45) is 22.0 Å². The molecule has 0 bridgehead atoms. The smallest absolute Gasteiger partial charge is 0.154 e. The minimum absolute atomic E-state index is 0.0932. The lowest BCUT2D eigenvalue weighted by Gasteiger charge is -2.50. The standard InChI is InChI=1S/C24H40FN3O4/c1-15-13-20(27-32-15)16-7-12-19-21(14-16)26-22(5-3-4-6-23(29)31-2)28(24(19)30)18-10-8-17(25)9-11-18/h15-19,21,23-24,29-30H,3-14H2,1-2H3. The molecule has 2 aliphatic heterocycles. The third-order valence-corrected chi connectivity index (χ3v) is 7.86. The SMILES string of the molecule is COC(O)CCCCC1=NC2CC(C3=NOC(C)C3)CCC2C(O)N1C1CCC(F)CC1. The Labute approximate surface area is 191 Å². The number of alkyl halides is 1. The Morgan fingerprint density at radius 3 is 2.66 bits per heavy atom. The molecule has 182 valence electrons. The maximum absolute atomic E-state index is 13.8. The maximum atomic E-state index is 13.8. The van der Waals surface area contributed by atoms with Crippen LogP contribution in [0.15, 0.2) is 10.1 Å². The van der Waals surface area contributed by atoms with Crippen LogP contribution in [0.1, 0.15) is 84.0 Å². The van der Waals surface area contributed by atoms with E-state index in [1.54, 1.807) is 0 Å². The van der Waals surface area contributed by atoms with Gasteiger partial charge in [0.25, 0.3) is 0 Å². The zero-order valence-corrected chi connectivity index (χ0v) is 19.5. The molecule has 4 rings (SSSR count). The summed E-state index contributed by atoms with van der Waals surface area (Å²) < 4.78 is 18.7. The van der Waals surface area contributed by atoms with E-state index in [0.29, 0.717) is 25.2 Å². The van der Waals surface area contributed by atoms with Crippen molar-refractivity contribution in [2.45, 2.75) is 121 Å².